The van der Waals surface area contributed by atoms with Gasteiger partial charge in [0, 0.05) is 18.6 Å². The normalized spacial score (nSPS) is 12.7. The molecule has 2 amide bonds. The summed E-state index contributed by atoms with van der Waals surface area (Å²) in [6.45, 7) is 1.96. The zero-order chi connectivity index (χ0) is 26.6. The van der Waals surface area contributed by atoms with Crippen molar-refractivity contribution in [1.29, 1.82) is 0 Å². The fraction of sp³-hybridized carbons (Fsp3) is 0.214. The van der Waals surface area contributed by atoms with Crippen molar-refractivity contribution in [2.75, 3.05) is 24.9 Å². The summed E-state index contributed by atoms with van der Waals surface area (Å²) in [6, 6.07) is 20.9. The minimum atomic E-state index is -0.631. The van der Waals surface area contributed by atoms with Gasteiger partial charge in [0.15, 0.2) is 10.3 Å². The number of carbonyl (C=O) groups excluding carboxylic acids is 2. The van der Waals surface area contributed by atoms with Crippen LogP contribution in [0.4, 0.5) is 10.3 Å². The Morgan fingerprint density at radius 2 is 1.37 bits per heavy atom. The molecule has 2 N–H and O–H groups in total. The van der Waals surface area contributed by atoms with Gasteiger partial charge in [-0.05, 0) is 35.7 Å². The number of nitrogens with one attached hydrogen (secondary N) is 2. The van der Waals surface area contributed by atoms with Crippen LogP contribution < -0.4 is 20.1 Å². The molecule has 2 atom stereocenters. The number of aromatic nitrogens is 2. The molecule has 0 aliphatic rings. The molecule has 0 fully saturated rings. The van der Waals surface area contributed by atoms with Crippen molar-refractivity contribution in [3.63, 3.8) is 0 Å². The topological polar surface area (TPSA) is 102 Å². The summed E-state index contributed by atoms with van der Waals surface area (Å²) >= 11 is 2.75. The van der Waals surface area contributed by atoms with Crippen molar-refractivity contribution in [2.45, 2.75) is 19.3 Å². The Labute approximate surface area is 227 Å². The Balaban J connectivity index is 1.36. The summed E-state index contributed by atoms with van der Waals surface area (Å²) in [6.07, 6.45) is -0.0140. The van der Waals surface area contributed by atoms with E-state index in [0.29, 0.717) is 21.8 Å². The van der Waals surface area contributed by atoms with Gasteiger partial charge in [0.1, 0.15) is 11.5 Å². The third-order valence-electron chi connectivity index (χ3n) is 6.34. The number of hydrogen-bond donors (Lipinski definition) is 2. The van der Waals surface area contributed by atoms with E-state index in [4.69, 9.17) is 9.47 Å². The number of benzene rings is 3. The van der Waals surface area contributed by atoms with Crippen molar-refractivity contribution in [3.8, 4) is 11.5 Å². The lowest BCUT2D eigenvalue weighted by Crippen LogP contribution is -2.31. The monoisotopic (exact) mass is 546 g/mol. The van der Waals surface area contributed by atoms with Crippen LogP contribution in [0.5, 0.6) is 11.5 Å². The highest BCUT2D eigenvalue weighted by Crippen LogP contribution is 2.33. The standard InChI is InChI=1S/C28H26N4O4S2/c1-16(17-7-5-4-6-8-17)20(26(34)32-28-30-22-14-19(36-3)10-12-24(22)38-28)15-25(33)31-27-29-21-13-18(35-2)9-11-23(21)37-27/h4-14,16,20H,15H2,1-3H3,(H,29,31,33)(H,30,32,34)/t16-,20+/m0/s1. The van der Waals surface area contributed by atoms with Gasteiger partial charge >= 0.3 is 0 Å². The Morgan fingerprint density at radius 1 is 0.816 bits per heavy atom. The zero-order valence-corrected chi connectivity index (χ0v) is 22.7. The molecule has 10 heteroatoms. The van der Waals surface area contributed by atoms with Crippen molar-refractivity contribution in [3.05, 3.63) is 72.3 Å². The molecule has 38 heavy (non-hydrogen) atoms. The van der Waals surface area contributed by atoms with Crippen LogP contribution >= 0.6 is 22.7 Å². The van der Waals surface area contributed by atoms with Crippen LogP contribution in [0.3, 0.4) is 0 Å². The number of ether oxygens (including phenoxy) is 2. The molecule has 0 saturated heterocycles. The molecule has 5 aromatic rings. The quantitative estimate of drug-likeness (QED) is 0.225. The maximum atomic E-state index is 13.6. The number of methoxy groups -OCH3 is 2. The molecular formula is C28H26N4O4S2. The summed E-state index contributed by atoms with van der Waals surface area (Å²) in [4.78, 5) is 35.8. The van der Waals surface area contributed by atoms with E-state index in [-0.39, 0.29) is 24.2 Å². The number of thiazole rings is 2. The summed E-state index contributed by atoms with van der Waals surface area (Å²) in [5, 5.41) is 6.78. The van der Waals surface area contributed by atoms with Gasteiger partial charge in [-0.2, -0.15) is 0 Å². The molecule has 2 aromatic heterocycles. The molecule has 194 valence electrons. The molecule has 0 radical (unpaired) electrons. The molecular weight excluding hydrogens is 520 g/mol. The number of nitrogens with zero attached hydrogens (tertiary/aromatic N) is 2. The second-order valence-corrected chi connectivity index (χ2v) is 10.8. The predicted molar refractivity (Wildman–Crippen MR) is 153 cm³/mol. The molecule has 3 aromatic carbocycles. The first-order valence-electron chi connectivity index (χ1n) is 12.0. The number of hydrogen-bond acceptors (Lipinski definition) is 8. The minimum absolute atomic E-state index is 0.0140. The highest BCUT2D eigenvalue weighted by molar-refractivity contribution is 7.22. The van der Waals surface area contributed by atoms with Gasteiger partial charge in [-0.1, -0.05) is 59.9 Å². The Kier molecular flexibility index (Phi) is 7.52. The minimum Gasteiger partial charge on any atom is -0.497 e. The fourth-order valence-electron chi connectivity index (χ4n) is 4.23. The van der Waals surface area contributed by atoms with E-state index in [1.165, 1.54) is 22.7 Å². The van der Waals surface area contributed by atoms with Gasteiger partial charge in [-0.15, -0.1) is 0 Å². The van der Waals surface area contributed by atoms with Crippen molar-refractivity contribution in [1.82, 2.24) is 9.97 Å². The molecule has 0 bridgehead atoms. The van der Waals surface area contributed by atoms with E-state index in [1.807, 2.05) is 73.7 Å². The molecule has 2 heterocycles. The highest BCUT2D eigenvalue weighted by atomic mass is 32.1. The molecule has 5 rings (SSSR count). The van der Waals surface area contributed by atoms with E-state index < -0.39 is 5.92 Å². The number of fused-ring (bicyclic) bond motifs is 2. The van der Waals surface area contributed by atoms with Crippen molar-refractivity contribution in [2.24, 2.45) is 5.92 Å². The first kappa shape index (κ1) is 25.6. The van der Waals surface area contributed by atoms with Gasteiger partial charge < -0.3 is 20.1 Å². The largest absolute Gasteiger partial charge is 0.497 e. The summed E-state index contributed by atoms with van der Waals surface area (Å²) in [7, 11) is 3.20. The number of rotatable bonds is 9. The van der Waals surface area contributed by atoms with Gasteiger partial charge in [0.05, 0.1) is 40.6 Å². The van der Waals surface area contributed by atoms with Gasteiger partial charge in [0.2, 0.25) is 11.8 Å². The lowest BCUT2D eigenvalue weighted by molar-refractivity contribution is -0.125. The van der Waals surface area contributed by atoms with E-state index in [2.05, 4.69) is 20.6 Å². The number of amides is 2. The highest BCUT2D eigenvalue weighted by Gasteiger charge is 2.30. The molecule has 0 saturated carbocycles. The van der Waals surface area contributed by atoms with Crippen LogP contribution in [-0.2, 0) is 9.59 Å². The van der Waals surface area contributed by atoms with Gasteiger partial charge in [-0.25, -0.2) is 9.97 Å². The SMILES string of the molecule is COc1ccc2sc(NC(=O)C[C@@H](C(=O)Nc3nc4cc(OC)ccc4s3)[C@@H](C)c3ccccc3)nc2c1. The smallest absolute Gasteiger partial charge is 0.230 e. The van der Waals surface area contributed by atoms with Crippen LogP contribution in [0.15, 0.2) is 66.7 Å². The Bertz CT molecular complexity index is 1600. The van der Waals surface area contributed by atoms with Crippen LogP contribution in [0.25, 0.3) is 20.4 Å². The third kappa shape index (κ3) is 5.61. The molecule has 0 spiro atoms. The number of anilines is 2. The van der Waals surface area contributed by atoms with E-state index in [9.17, 15) is 9.59 Å². The maximum Gasteiger partial charge on any atom is 0.230 e. The number of carbonyl (C=O) groups is 2. The molecule has 8 nitrogen and oxygen atoms in total. The van der Waals surface area contributed by atoms with Gasteiger partial charge in [-0.3, -0.25) is 9.59 Å². The fourth-order valence-corrected chi connectivity index (χ4v) is 5.94. The van der Waals surface area contributed by atoms with Gasteiger partial charge in [0.25, 0.3) is 0 Å². The van der Waals surface area contributed by atoms with Crippen LogP contribution in [0.1, 0.15) is 24.8 Å². The van der Waals surface area contributed by atoms with E-state index >= 15 is 0 Å². The lowest BCUT2D eigenvalue weighted by atomic mass is 9.84. The average molecular weight is 547 g/mol. The third-order valence-corrected chi connectivity index (χ3v) is 8.24. The molecule has 0 unspecified atom stereocenters. The Hall–Kier alpha value is -4.02. The summed E-state index contributed by atoms with van der Waals surface area (Å²) in [5.74, 6) is -0.00220. The molecule has 0 aliphatic carbocycles. The van der Waals surface area contributed by atoms with E-state index in [0.717, 1.165) is 26.0 Å². The summed E-state index contributed by atoms with van der Waals surface area (Å²) < 4.78 is 12.4. The van der Waals surface area contributed by atoms with Crippen molar-refractivity contribution >= 4 is 65.2 Å². The zero-order valence-electron chi connectivity index (χ0n) is 21.1. The van der Waals surface area contributed by atoms with Crippen LogP contribution in [-0.4, -0.2) is 36.0 Å². The molecule has 0 aliphatic heterocycles. The van der Waals surface area contributed by atoms with Crippen LogP contribution in [0.2, 0.25) is 0 Å². The first-order chi connectivity index (χ1) is 18.4. The Morgan fingerprint density at radius 3 is 1.92 bits per heavy atom. The summed E-state index contributed by atoms with van der Waals surface area (Å²) in [5.41, 5.74) is 2.45. The van der Waals surface area contributed by atoms with E-state index in [1.54, 1.807) is 14.2 Å². The average Bonchev–Trinajstić information content (AvgIpc) is 3.53. The van der Waals surface area contributed by atoms with Crippen LogP contribution in [0, 0.1) is 5.92 Å². The second kappa shape index (κ2) is 11.2. The van der Waals surface area contributed by atoms with Crippen molar-refractivity contribution < 1.29 is 19.1 Å². The lowest BCUT2D eigenvalue weighted by Gasteiger charge is -2.22. The second-order valence-electron chi connectivity index (χ2n) is 8.75. The first-order valence-corrected chi connectivity index (χ1v) is 13.6. The predicted octanol–water partition coefficient (Wildman–Crippen LogP) is 6.31. The maximum absolute atomic E-state index is 13.6.